The minimum Gasteiger partial charge on any atom is -0.368 e. The Morgan fingerprint density at radius 2 is 1.84 bits per heavy atom. The zero-order valence-electron chi connectivity index (χ0n) is 17.0. The molecule has 1 amide bonds. The second-order valence-corrected chi connectivity index (χ2v) is 7.58. The van der Waals surface area contributed by atoms with Crippen molar-refractivity contribution in [1.29, 1.82) is 0 Å². The topological polar surface area (TPSA) is 42.4 Å². The summed E-state index contributed by atoms with van der Waals surface area (Å²) < 4.78 is 57.6. The van der Waals surface area contributed by atoms with Crippen LogP contribution in [0.3, 0.4) is 0 Å². The van der Waals surface area contributed by atoms with Gasteiger partial charge in [-0.2, -0.15) is 13.2 Å². The highest BCUT2D eigenvalue weighted by Crippen LogP contribution is 2.30. The van der Waals surface area contributed by atoms with Crippen LogP contribution in [0.4, 0.5) is 17.6 Å². The predicted molar refractivity (Wildman–Crippen MR) is 109 cm³/mol. The summed E-state index contributed by atoms with van der Waals surface area (Å²) in [5.41, 5.74) is 1.66. The van der Waals surface area contributed by atoms with Crippen molar-refractivity contribution in [2.45, 2.75) is 18.7 Å². The van der Waals surface area contributed by atoms with Crippen LogP contribution in [0, 0.1) is 5.82 Å². The first-order chi connectivity index (χ1) is 15.3. The first-order valence-corrected chi connectivity index (χ1v) is 10.1. The van der Waals surface area contributed by atoms with E-state index >= 15 is 0 Å². The van der Waals surface area contributed by atoms with Crippen molar-refractivity contribution in [3.63, 3.8) is 0 Å². The number of pyridine rings is 1. The number of rotatable bonds is 4. The molecule has 1 aromatic heterocycles. The molecule has 32 heavy (non-hydrogen) atoms. The van der Waals surface area contributed by atoms with Gasteiger partial charge in [-0.15, -0.1) is 0 Å². The summed E-state index contributed by atoms with van der Waals surface area (Å²) in [6.07, 6.45) is -2.87. The van der Waals surface area contributed by atoms with Gasteiger partial charge >= 0.3 is 6.18 Å². The molecular weight excluding hydrogens is 424 g/mol. The van der Waals surface area contributed by atoms with E-state index in [1.165, 1.54) is 30.3 Å². The van der Waals surface area contributed by atoms with E-state index in [4.69, 9.17) is 4.74 Å². The Morgan fingerprint density at radius 1 is 1.06 bits per heavy atom. The van der Waals surface area contributed by atoms with Crippen molar-refractivity contribution < 1.29 is 27.1 Å². The summed E-state index contributed by atoms with van der Waals surface area (Å²) in [5, 5.41) is 0. The molecule has 1 saturated heterocycles. The number of morpholine rings is 1. The Labute approximate surface area is 182 Å². The van der Waals surface area contributed by atoms with Gasteiger partial charge in [0.1, 0.15) is 11.9 Å². The van der Waals surface area contributed by atoms with E-state index in [1.54, 1.807) is 29.3 Å². The van der Waals surface area contributed by atoms with Gasteiger partial charge in [0.15, 0.2) is 0 Å². The van der Waals surface area contributed by atoms with Crippen LogP contribution >= 0.6 is 0 Å². The number of nitrogens with zero attached hydrogens (tertiary/aromatic N) is 2. The first kappa shape index (κ1) is 22.0. The number of amides is 1. The fourth-order valence-electron chi connectivity index (χ4n) is 3.61. The van der Waals surface area contributed by atoms with E-state index in [-0.39, 0.29) is 5.91 Å². The zero-order valence-corrected chi connectivity index (χ0v) is 17.0. The maximum Gasteiger partial charge on any atom is 0.416 e. The van der Waals surface area contributed by atoms with E-state index in [0.717, 1.165) is 17.7 Å². The second-order valence-electron chi connectivity index (χ2n) is 7.58. The van der Waals surface area contributed by atoms with Crippen molar-refractivity contribution in [3.05, 3.63) is 101 Å². The molecule has 2 heterocycles. The lowest BCUT2D eigenvalue weighted by molar-refractivity contribution is -0.137. The zero-order chi connectivity index (χ0) is 22.7. The number of carbonyl (C=O) groups is 1. The van der Waals surface area contributed by atoms with Gasteiger partial charge in [0.25, 0.3) is 5.91 Å². The normalized spacial score (nSPS) is 16.8. The van der Waals surface area contributed by atoms with Crippen molar-refractivity contribution in [3.8, 4) is 0 Å². The number of hydrogen-bond acceptors (Lipinski definition) is 3. The molecule has 8 heteroatoms. The van der Waals surface area contributed by atoms with Crippen LogP contribution < -0.4 is 0 Å². The van der Waals surface area contributed by atoms with Gasteiger partial charge < -0.3 is 9.64 Å². The summed E-state index contributed by atoms with van der Waals surface area (Å²) in [6.45, 7) is 1.06. The van der Waals surface area contributed by atoms with Gasteiger partial charge in [-0.05, 0) is 53.9 Å². The minimum atomic E-state index is -4.38. The SMILES string of the molecule is O=C(c1ccc(F)cc1)N1CCO[C@@H](c2ccc(Cc3cccc(C(F)(F)F)c3)cn2)C1. The predicted octanol–water partition coefficient (Wildman–Crippen LogP) is 5.04. The monoisotopic (exact) mass is 444 g/mol. The van der Waals surface area contributed by atoms with E-state index in [2.05, 4.69) is 4.98 Å². The van der Waals surface area contributed by atoms with Crippen LogP contribution in [0.2, 0.25) is 0 Å². The van der Waals surface area contributed by atoms with Gasteiger partial charge in [-0.3, -0.25) is 9.78 Å². The molecule has 0 N–H and O–H groups in total. The average molecular weight is 444 g/mol. The van der Waals surface area contributed by atoms with Gasteiger partial charge in [0, 0.05) is 18.3 Å². The van der Waals surface area contributed by atoms with E-state index in [0.29, 0.717) is 42.9 Å². The number of benzene rings is 2. The molecule has 1 aliphatic rings. The summed E-state index contributed by atoms with van der Waals surface area (Å²) in [7, 11) is 0. The molecule has 0 bridgehead atoms. The second kappa shape index (κ2) is 9.08. The lowest BCUT2D eigenvalue weighted by Gasteiger charge is -2.32. The standard InChI is InChI=1S/C24H20F4N2O2/c25-20-7-5-18(6-8-20)23(31)30-10-11-32-22(15-30)21-9-4-17(14-29-21)12-16-2-1-3-19(13-16)24(26,27)28/h1-9,13-14,22H,10-12,15H2/t22-/m1/s1. The molecular formula is C24H20F4N2O2. The molecule has 0 aliphatic carbocycles. The van der Waals surface area contributed by atoms with E-state index in [1.807, 2.05) is 0 Å². The molecule has 0 radical (unpaired) electrons. The smallest absolute Gasteiger partial charge is 0.368 e. The molecule has 0 saturated carbocycles. The average Bonchev–Trinajstić information content (AvgIpc) is 2.79. The first-order valence-electron chi connectivity index (χ1n) is 10.1. The summed E-state index contributed by atoms with van der Waals surface area (Å²) in [6, 6.07) is 14.2. The molecule has 0 spiro atoms. The van der Waals surface area contributed by atoms with Crippen LogP contribution in [0.15, 0.2) is 66.9 Å². The van der Waals surface area contributed by atoms with E-state index in [9.17, 15) is 22.4 Å². The minimum absolute atomic E-state index is 0.209. The van der Waals surface area contributed by atoms with Crippen molar-refractivity contribution in [1.82, 2.24) is 9.88 Å². The van der Waals surface area contributed by atoms with Crippen molar-refractivity contribution in [2.24, 2.45) is 0 Å². The fraction of sp³-hybridized carbons (Fsp3) is 0.250. The molecule has 1 aliphatic heterocycles. The highest BCUT2D eigenvalue weighted by Gasteiger charge is 2.30. The molecule has 3 aromatic rings. The third-order valence-corrected chi connectivity index (χ3v) is 5.28. The Balaban J connectivity index is 1.42. The molecule has 1 fully saturated rings. The van der Waals surface area contributed by atoms with Crippen LogP contribution in [0.25, 0.3) is 0 Å². The number of ether oxygens (including phenoxy) is 1. The molecule has 1 atom stereocenters. The summed E-state index contributed by atoms with van der Waals surface area (Å²) >= 11 is 0. The van der Waals surface area contributed by atoms with Gasteiger partial charge in [-0.1, -0.05) is 24.3 Å². The van der Waals surface area contributed by atoms with Crippen molar-refractivity contribution in [2.75, 3.05) is 19.7 Å². The highest BCUT2D eigenvalue weighted by atomic mass is 19.4. The number of aromatic nitrogens is 1. The highest BCUT2D eigenvalue weighted by molar-refractivity contribution is 5.94. The maximum absolute atomic E-state index is 13.1. The number of hydrogen-bond donors (Lipinski definition) is 0. The fourth-order valence-corrected chi connectivity index (χ4v) is 3.61. The Kier molecular flexibility index (Phi) is 6.23. The molecule has 4 rings (SSSR count). The Morgan fingerprint density at radius 3 is 2.53 bits per heavy atom. The molecule has 4 nitrogen and oxygen atoms in total. The third-order valence-electron chi connectivity index (χ3n) is 5.28. The van der Waals surface area contributed by atoms with E-state index < -0.39 is 23.7 Å². The lowest BCUT2D eigenvalue weighted by Crippen LogP contribution is -2.42. The Bertz CT molecular complexity index is 1080. The Hall–Kier alpha value is -3.26. The van der Waals surface area contributed by atoms with Gasteiger partial charge in [-0.25, -0.2) is 4.39 Å². The van der Waals surface area contributed by atoms with Crippen LogP contribution in [-0.2, 0) is 17.3 Å². The number of carbonyl (C=O) groups excluding carboxylic acids is 1. The number of alkyl halides is 3. The van der Waals surface area contributed by atoms with Gasteiger partial charge in [0.05, 0.1) is 24.4 Å². The molecule has 0 unspecified atom stereocenters. The quantitative estimate of drug-likeness (QED) is 0.530. The summed E-state index contributed by atoms with van der Waals surface area (Å²) in [5.74, 6) is -0.615. The molecule has 2 aromatic carbocycles. The third kappa shape index (κ3) is 5.13. The summed E-state index contributed by atoms with van der Waals surface area (Å²) in [4.78, 5) is 18.7. The largest absolute Gasteiger partial charge is 0.416 e. The van der Waals surface area contributed by atoms with Crippen LogP contribution in [-0.4, -0.2) is 35.5 Å². The van der Waals surface area contributed by atoms with Crippen molar-refractivity contribution >= 4 is 5.91 Å². The van der Waals surface area contributed by atoms with Crippen LogP contribution in [0.5, 0.6) is 0 Å². The number of halogens is 4. The lowest BCUT2D eigenvalue weighted by atomic mass is 10.0. The molecule has 166 valence electrons. The maximum atomic E-state index is 13.1. The van der Waals surface area contributed by atoms with Crippen LogP contribution in [0.1, 0.15) is 38.8 Å². The van der Waals surface area contributed by atoms with Gasteiger partial charge in [0.2, 0.25) is 0 Å².